The van der Waals surface area contributed by atoms with E-state index < -0.39 is 0 Å². The summed E-state index contributed by atoms with van der Waals surface area (Å²) < 4.78 is 0. The van der Waals surface area contributed by atoms with Crippen LogP contribution in [0.5, 0.6) is 0 Å². The molecule has 2 aliphatic rings. The molecule has 0 aromatic rings. The van der Waals surface area contributed by atoms with Crippen LogP contribution in [0.3, 0.4) is 0 Å². The van der Waals surface area contributed by atoms with E-state index in [9.17, 15) is 4.79 Å². The molecule has 108 valence electrons. The molecule has 2 fully saturated rings. The van der Waals surface area contributed by atoms with Gasteiger partial charge in [-0.25, -0.2) is 0 Å². The second-order valence-electron chi connectivity index (χ2n) is 5.29. The van der Waals surface area contributed by atoms with E-state index in [1.807, 2.05) is 23.6 Å². The fourth-order valence-electron chi connectivity index (χ4n) is 2.65. The molecule has 2 heterocycles. The van der Waals surface area contributed by atoms with Crippen molar-refractivity contribution in [1.82, 2.24) is 9.80 Å². The Labute approximate surface area is 125 Å². The minimum atomic E-state index is 0.135. The lowest BCUT2D eigenvalue weighted by molar-refractivity contribution is -0.132. The molecule has 0 aliphatic carbocycles. The summed E-state index contributed by atoms with van der Waals surface area (Å²) >= 11 is 6.87. The Morgan fingerprint density at radius 2 is 2.00 bits per heavy atom. The number of rotatable bonds is 3. The topological polar surface area (TPSA) is 49.6 Å². The third-order valence-electron chi connectivity index (χ3n) is 4.04. The lowest BCUT2D eigenvalue weighted by Crippen LogP contribution is -2.55. The zero-order valence-electron chi connectivity index (χ0n) is 11.5. The highest BCUT2D eigenvalue weighted by molar-refractivity contribution is 8.00. The highest BCUT2D eigenvalue weighted by Crippen LogP contribution is 2.27. The third-order valence-corrected chi connectivity index (χ3v) is 5.75. The molecular formula is C13H23N3OS2. The molecule has 2 saturated heterocycles. The van der Waals surface area contributed by atoms with Gasteiger partial charge >= 0.3 is 0 Å². The van der Waals surface area contributed by atoms with Crippen LogP contribution in [-0.4, -0.2) is 63.9 Å². The lowest BCUT2D eigenvalue weighted by atomic mass is 10.1. The van der Waals surface area contributed by atoms with Crippen molar-refractivity contribution in [3.05, 3.63) is 0 Å². The Morgan fingerprint density at radius 1 is 1.32 bits per heavy atom. The number of nitrogens with zero attached hydrogens (tertiary/aromatic N) is 2. The predicted octanol–water partition coefficient (Wildman–Crippen LogP) is 1.09. The normalized spacial score (nSPS) is 27.0. The van der Waals surface area contributed by atoms with Crippen molar-refractivity contribution in [3.63, 3.8) is 0 Å². The average Bonchev–Trinajstić information content (AvgIpc) is 2.46. The van der Waals surface area contributed by atoms with E-state index in [0.717, 1.165) is 38.4 Å². The average molecular weight is 301 g/mol. The SMILES string of the molecule is CC(C(N)=S)N1CCN(C(=O)C2CCCCS2)CC1. The summed E-state index contributed by atoms with van der Waals surface area (Å²) in [6.45, 7) is 5.41. The fourth-order valence-corrected chi connectivity index (χ4v) is 4.08. The van der Waals surface area contributed by atoms with Gasteiger partial charge in [0.1, 0.15) is 0 Å². The Kier molecular flexibility index (Phi) is 5.47. The van der Waals surface area contributed by atoms with E-state index in [0.29, 0.717) is 10.9 Å². The van der Waals surface area contributed by atoms with Crippen molar-refractivity contribution in [2.75, 3.05) is 31.9 Å². The number of hydrogen-bond donors (Lipinski definition) is 1. The van der Waals surface area contributed by atoms with Gasteiger partial charge in [-0.1, -0.05) is 18.6 Å². The molecule has 0 bridgehead atoms. The van der Waals surface area contributed by atoms with Crippen molar-refractivity contribution in [1.29, 1.82) is 0 Å². The van der Waals surface area contributed by atoms with Crippen LogP contribution >= 0.6 is 24.0 Å². The first-order chi connectivity index (χ1) is 9.09. The van der Waals surface area contributed by atoms with Crippen molar-refractivity contribution in [3.8, 4) is 0 Å². The minimum absolute atomic E-state index is 0.135. The first kappa shape index (κ1) is 15.1. The summed E-state index contributed by atoms with van der Waals surface area (Å²) in [5, 5.41) is 0.202. The Morgan fingerprint density at radius 3 is 2.53 bits per heavy atom. The Hall–Kier alpha value is -0.330. The summed E-state index contributed by atoms with van der Waals surface area (Å²) in [5.41, 5.74) is 5.68. The van der Waals surface area contributed by atoms with E-state index in [-0.39, 0.29) is 11.3 Å². The number of amides is 1. The molecule has 4 nitrogen and oxygen atoms in total. The molecular weight excluding hydrogens is 278 g/mol. The molecule has 6 heteroatoms. The van der Waals surface area contributed by atoms with Crippen LogP contribution in [0.2, 0.25) is 0 Å². The van der Waals surface area contributed by atoms with Crippen molar-refractivity contribution < 1.29 is 4.79 Å². The number of piperazine rings is 1. The zero-order valence-corrected chi connectivity index (χ0v) is 13.1. The molecule has 0 saturated carbocycles. The molecule has 2 unspecified atom stereocenters. The van der Waals surface area contributed by atoms with Crippen LogP contribution in [-0.2, 0) is 4.79 Å². The molecule has 0 aromatic heterocycles. The van der Waals surface area contributed by atoms with Gasteiger partial charge in [-0.3, -0.25) is 9.69 Å². The van der Waals surface area contributed by atoms with Crippen LogP contribution in [0, 0.1) is 0 Å². The molecule has 19 heavy (non-hydrogen) atoms. The summed E-state index contributed by atoms with van der Waals surface area (Å²) in [6.07, 6.45) is 3.50. The highest BCUT2D eigenvalue weighted by atomic mass is 32.2. The summed E-state index contributed by atoms with van der Waals surface area (Å²) in [7, 11) is 0. The van der Waals surface area contributed by atoms with E-state index in [4.69, 9.17) is 18.0 Å². The number of thiocarbonyl (C=S) groups is 1. The molecule has 0 aromatic carbocycles. The zero-order chi connectivity index (χ0) is 13.8. The van der Waals surface area contributed by atoms with E-state index in [1.54, 1.807) is 0 Å². The maximum Gasteiger partial charge on any atom is 0.235 e. The van der Waals surface area contributed by atoms with Gasteiger partial charge in [-0.2, -0.15) is 0 Å². The number of thioether (sulfide) groups is 1. The fraction of sp³-hybridized carbons (Fsp3) is 0.846. The molecule has 2 rings (SSSR count). The minimum Gasteiger partial charge on any atom is -0.392 e. The molecule has 2 aliphatic heterocycles. The molecule has 2 N–H and O–H groups in total. The van der Waals surface area contributed by atoms with Crippen LogP contribution in [0.1, 0.15) is 26.2 Å². The molecule has 0 spiro atoms. The van der Waals surface area contributed by atoms with Crippen LogP contribution in [0.4, 0.5) is 0 Å². The quantitative estimate of drug-likeness (QED) is 0.791. The van der Waals surface area contributed by atoms with Gasteiger partial charge in [0.2, 0.25) is 5.91 Å². The smallest absolute Gasteiger partial charge is 0.235 e. The first-order valence-electron chi connectivity index (χ1n) is 7.03. The number of hydrogen-bond acceptors (Lipinski definition) is 4. The van der Waals surface area contributed by atoms with E-state index >= 15 is 0 Å². The van der Waals surface area contributed by atoms with Gasteiger partial charge < -0.3 is 10.6 Å². The largest absolute Gasteiger partial charge is 0.392 e. The number of carbonyl (C=O) groups is 1. The second-order valence-corrected chi connectivity index (χ2v) is 7.08. The van der Waals surface area contributed by atoms with Gasteiger partial charge in [-0.05, 0) is 25.5 Å². The highest BCUT2D eigenvalue weighted by Gasteiger charge is 2.30. The molecule has 1 amide bonds. The number of carbonyl (C=O) groups excluding carboxylic acids is 1. The van der Waals surface area contributed by atoms with Crippen molar-refractivity contribution in [2.24, 2.45) is 5.73 Å². The Balaban J connectivity index is 1.82. The first-order valence-corrected chi connectivity index (χ1v) is 8.49. The number of nitrogens with two attached hydrogens (primary N) is 1. The van der Waals surface area contributed by atoms with Gasteiger partial charge in [0.25, 0.3) is 0 Å². The van der Waals surface area contributed by atoms with E-state index in [2.05, 4.69) is 4.90 Å². The maximum atomic E-state index is 12.4. The monoisotopic (exact) mass is 301 g/mol. The summed E-state index contributed by atoms with van der Waals surface area (Å²) in [4.78, 5) is 17.2. The van der Waals surface area contributed by atoms with Crippen molar-refractivity contribution in [2.45, 2.75) is 37.5 Å². The van der Waals surface area contributed by atoms with Crippen LogP contribution < -0.4 is 5.73 Å². The maximum absolute atomic E-state index is 12.4. The Bertz CT molecular complexity index is 337. The standard InChI is InChI=1S/C13H23N3OS2/c1-10(12(14)18)15-5-7-16(8-6-15)13(17)11-4-2-3-9-19-11/h10-11H,2-9H2,1H3,(H2,14,18). The summed E-state index contributed by atoms with van der Waals surface area (Å²) in [5.74, 6) is 1.47. The van der Waals surface area contributed by atoms with Gasteiger partial charge in [0.15, 0.2) is 0 Å². The van der Waals surface area contributed by atoms with Gasteiger partial charge in [-0.15, -0.1) is 11.8 Å². The third kappa shape index (κ3) is 3.83. The van der Waals surface area contributed by atoms with Crippen LogP contribution in [0.25, 0.3) is 0 Å². The van der Waals surface area contributed by atoms with Crippen molar-refractivity contribution >= 4 is 34.9 Å². The summed E-state index contributed by atoms with van der Waals surface area (Å²) in [6, 6.07) is 0.135. The predicted molar refractivity (Wildman–Crippen MR) is 84.5 cm³/mol. The van der Waals surface area contributed by atoms with Gasteiger partial charge in [0.05, 0.1) is 16.3 Å². The molecule has 0 radical (unpaired) electrons. The second kappa shape index (κ2) is 6.90. The molecule has 2 atom stereocenters. The van der Waals surface area contributed by atoms with E-state index in [1.165, 1.54) is 12.8 Å². The lowest BCUT2D eigenvalue weighted by Gasteiger charge is -2.39. The van der Waals surface area contributed by atoms with Gasteiger partial charge in [0, 0.05) is 26.2 Å². The van der Waals surface area contributed by atoms with Crippen LogP contribution in [0.15, 0.2) is 0 Å².